The molecule has 4 nitrogen and oxygen atoms in total. The van der Waals surface area contributed by atoms with Gasteiger partial charge in [0.2, 0.25) is 0 Å². The molecule has 2 aliphatic rings. The predicted octanol–water partition coefficient (Wildman–Crippen LogP) is 3.90. The Balaban J connectivity index is 1.57. The van der Waals surface area contributed by atoms with Gasteiger partial charge >= 0.3 is 0 Å². The topological polar surface area (TPSA) is 36.3 Å². The zero-order valence-corrected chi connectivity index (χ0v) is 13.1. The second-order valence-corrected chi connectivity index (χ2v) is 6.76. The van der Waals surface area contributed by atoms with Crippen LogP contribution in [0, 0.1) is 0 Å². The van der Waals surface area contributed by atoms with Gasteiger partial charge < -0.3 is 9.47 Å². The summed E-state index contributed by atoms with van der Waals surface area (Å²) < 4.78 is 14.3. The molecule has 0 radical (unpaired) electrons. The van der Waals surface area contributed by atoms with Crippen LogP contribution < -0.4 is 0 Å². The third-order valence-corrected chi connectivity index (χ3v) is 5.22. The van der Waals surface area contributed by atoms with Crippen molar-refractivity contribution in [3.05, 3.63) is 28.6 Å². The van der Waals surface area contributed by atoms with Crippen LogP contribution in [0.15, 0.2) is 22.9 Å². The van der Waals surface area contributed by atoms with E-state index in [1.165, 1.54) is 24.8 Å². The fraction of sp³-hybridized carbons (Fsp3) is 0.562. The van der Waals surface area contributed by atoms with Crippen LogP contribution in [-0.4, -0.2) is 22.2 Å². The number of thiophene rings is 1. The van der Waals surface area contributed by atoms with Crippen LogP contribution >= 0.6 is 11.3 Å². The van der Waals surface area contributed by atoms with Crippen molar-refractivity contribution in [2.75, 3.05) is 6.61 Å². The molecule has 2 fully saturated rings. The molecule has 1 atom stereocenters. The number of aromatic nitrogens is 2. The smallest absolute Gasteiger partial charge is 0.169 e. The Kier molecular flexibility index (Phi) is 3.36. The van der Waals surface area contributed by atoms with E-state index in [0.29, 0.717) is 6.61 Å². The normalized spacial score (nSPS) is 24.7. The van der Waals surface area contributed by atoms with Crippen molar-refractivity contribution in [3.63, 3.8) is 0 Å². The van der Waals surface area contributed by atoms with E-state index in [9.17, 15) is 0 Å². The van der Waals surface area contributed by atoms with Crippen molar-refractivity contribution >= 4 is 11.3 Å². The summed E-state index contributed by atoms with van der Waals surface area (Å²) in [6.45, 7) is 0.641. The summed E-state index contributed by atoms with van der Waals surface area (Å²) in [6, 6.07) is 4.24. The van der Waals surface area contributed by atoms with E-state index in [0.717, 1.165) is 24.2 Å². The van der Waals surface area contributed by atoms with E-state index < -0.39 is 0 Å². The standard InChI is InChI=1S/C16H20N2O2S/c1-18-14(9-13(17-18)12-5-8-21-11-12)15-10-19-16(20-15)6-3-2-4-7-16/h5,8-9,11,15H,2-4,6-7,10H2,1H3. The Labute approximate surface area is 128 Å². The van der Waals surface area contributed by atoms with Crippen LogP contribution in [0.4, 0.5) is 0 Å². The molecule has 0 N–H and O–H groups in total. The molecule has 112 valence electrons. The van der Waals surface area contributed by atoms with Gasteiger partial charge in [0.1, 0.15) is 6.10 Å². The molecule has 1 saturated heterocycles. The summed E-state index contributed by atoms with van der Waals surface area (Å²) in [5, 5.41) is 8.82. The quantitative estimate of drug-likeness (QED) is 0.844. The molecule has 1 unspecified atom stereocenters. The molecular weight excluding hydrogens is 284 g/mol. The second kappa shape index (κ2) is 5.23. The molecule has 2 aromatic heterocycles. The Hall–Kier alpha value is -1.17. The number of rotatable bonds is 2. The molecule has 21 heavy (non-hydrogen) atoms. The maximum atomic E-state index is 6.31. The van der Waals surface area contributed by atoms with Crippen molar-refractivity contribution in [2.24, 2.45) is 7.05 Å². The summed E-state index contributed by atoms with van der Waals surface area (Å²) >= 11 is 1.69. The van der Waals surface area contributed by atoms with Gasteiger partial charge in [0.15, 0.2) is 5.79 Å². The highest BCUT2D eigenvalue weighted by molar-refractivity contribution is 7.08. The Morgan fingerprint density at radius 2 is 2.19 bits per heavy atom. The van der Waals surface area contributed by atoms with Gasteiger partial charge in [0, 0.05) is 30.8 Å². The fourth-order valence-corrected chi connectivity index (χ4v) is 4.04. The van der Waals surface area contributed by atoms with E-state index in [4.69, 9.17) is 9.47 Å². The lowest BCUT2D eigenvalue weighted by Gasteiger charge is -2.31. The van der Waals surface area contributed by atoms with Crippen molar-refractivity contribution in [1.29, 1.82) is 0 Å². The van der Waals surface area contributed by atoms with Gasteiger partial charge in [-0.15, -0.1) is 0 Å². The number of hydrogen-bond donors (Lipinski definition) is 0. The average Bonchev–Trinajstić information content (AvgIpc) is 3.20. The highest BCUT2D eigenvalue weighted by Crippen LogP contribution is 2.42. The number of ether oxygens (including phenoxy) is 2. The first-order valence-electron chi connectivity index (χ1n) is 7.64. The van der Waals surface area contributed by atoms with E-state index in [1.54, 1.807) is 11.3 Å². The molecule has 5 heteroatoms. The van der Waals surface area contributed by atoms with E-state index in [-0.39, 0.29) is 11.9 Å². The van der Waals surface area contributed by atoms with E-state index in [2.05, 4.69) is 28.0 Å². The summed E-state index contributed by atoms with van der Waals surface area (Å²) in [4.78, 5) is 0. The SMILES string of the molecule is Cn1nc(-c2ccsc2)cc1C1COC2(CCCCC2)O1. The third-order valence-electron chi connectivity index (χ3n) is 4.53. The zero-order chi connectivity index (χ0) is 14.3. The molecular formula is C16H20N2O2S. The Morgan fingerprint density at radius 3 is 2.95 bits per heavy atom. The number of hydrogen-bond acceptors (Lipinski definition) is 4. The lowest BCUT2D eigenvalue weighted by Crippen LogP contribution is -2.32. The molecule has 0 bridgehead atoms. The molecule has 1 aliphatic carbocycles. The van der Waals surface area contributed by atoms with E-state index >= 15 is 0 Å². The highest BCUT2D eigenvalue weighted by Gasteiger charge is 2.43. The third kappa shape index (κ3) is 2.43. The maximum Gasteiger partial charge on any atom is 0.169 e. The molecule has 1 aliphatic heterocycles. The molecule has 1 spiro atoms. The molecule has 0 amide bonds. The molecule has 2 aromatic rings. The van der Waals surface area contributed by atoms with Crippen molar-refractivity contribution in [1.82, 2.24) is 9.78 Å². The molecule has 1 saturated carbocycles. The summed E-state index contributed by atoms with van der Waals surface area (Å²) in [6.07, 6.45) is 5.77. The fourth-order valence-electron chi connectivity index (χ4n) is 3.39. The number of nitrogens with zero attached hydrogens (tertiary/aromatic N) is 2. The largest absolute Gasteiger partial charge is 0.347 e. The summed E-state index contributed by atoms with van der Waals surface area (Å²) in [5.41, 5.74) is 3.30. The zero-order valence-electron chi connectivity index (χ0n) is 12.2. The first-order valence-corrected chi connectivity index (χ1v) is 8.58. The van der Waals surface area contributed by atoms with Gasteiger partial charge in [0.05, 0.1) is 18.0 Å². The molecule has 3 heterocycles. The Morgan fingerprint density at radius 1 is 1.33 bits per heavy atom. The minimum Gasteiger partial charge on any atom is -0.347 e. The van der Waals surface area contributed by atoms with Crippen LogP contribution in [0.5, 0.6) is 0 Å². The van der Waals surface area contributed by atoms with Gasteiger partial charge in [-0.25, -0.2) is 0 Å². The van der Waals surface area contributed by atoms with Crippen LogP contribution in [0.1, 0.15) is 43.9 Å². The number of aryl methyl sites for hydroxylation is 1. The van der Waals surface area contributed by atoms with Gasteiger partial charge in [0.25, 0.3) is 0 Å². The van der Waals surface area contributed by atoms with E-state index in [1.807, 2.05) is 11.7 Å². The lowest BCUT2D eigenvalue weighted by atomic mass is 9.94. The summed E-state index contributed by atoms with van der Waals surface area (Å²) in [5.74, 6) is -0.324. The second-order valence-electron chi connectivity index (χ2n) is 5.98. The minimum atomic E-state index is -0.324. The van der Waals surface area contributed by atoms with Gasteiger partial charge in [-0.2, -0.15) is 16.4 Å². The van der Waals surface area contributed by atoms with Crippen LogP contribution in [-0.2, 0) is 16.5 Å². The lowest BCUT2D eigenvalue weighted by molar-refractivity contribution is -0.188. The van der Waals surface area contributed by atoms with Crippen LogP contribution in [0.25, 0.3) is 11.3 Å². The average molecular weight is 304 g/mol. The Bertz CT molecular complexity index is 614. The van der Waals surface area contributed by atoms with Gasteiger partial charge in [-0.3, -0.25) is 4.68 Å². The first-order chi connectivity index (χ1) is 10.3. The maximum absolute atomic E-state index is 6.31. The van der Waals surface area contributed by atoms with Crippen molar-refractivity contribution in [3.8, 4) is 11.3 Å². The predicted molar refractivity (Wildman–Crippen MR) is 82.1 cm³/mol. The van der Waals surface area contributed by atoms with Gasteiger partial charge in [-0.1, -0.05) is 6.42 Å². The monoisotopic (exact) mass is 304 g/mol. The van der Waals surface area contributed by atoms with Gasteiger partial charge in [-0.05, 0) is 30.4 Å². The minimum absolute atomic E-state index is 0.00739. The summed E-state index contributed by atoms with van der Waals surface area (Å²) in [7, 11) is 1.99. The molecule has 0 aromatic carbocycles. The first kappa shape index (κ1) is 13.5. The molecule has 4 rings (SSSR count). The van der Waals surface area contributed by atoms with Crippen molar-refractivity contribution < 1.29 is 9.47 Å². The van der Waals surface area contributed by atoms with Crippen LogP contribution in [0.2, 0.25) is 0 Å². The van der Waals surface area contributed by atoms with Crippen molar-refractivity contribution in [2.45, 2.75) is 44.0 Å². The van der Waals surface area contributed by atoms with Crippen LogP contribution in [0.3, 0.4) is 0 Å². The highest BCUT2D eigenvalue weighted by atomic mass is 32.1.